The number of fused-ring (bicyclic) bond motifs is 1. The summed E-state index contributed by atoms with van der Waals surface area (Å²) >= 11 is 0.722. The van der Waals surface area contributed by atoms with Gasteiger partial charge in [0.15, 0.2) is 10.7 Å². The molecule has 4 aromatic rings. The minimum atomic E-state index is -4.56. The molecular formula is C24H22F3N9OS. The van der Waals surface area contributed by atoms with Gasteiger partial charge in [-0.05, 0) is 18.9 Å². The summed E-state index contributed by atoms with van der Waals surface area (Å²) in [5.74, 6) is -0.461. The average Bonchev–Trinajstić information content (AvgIpc) is 3.65. The van der Waals surface area contributed by atoms with Crippen molar-refractivity contribution in [2.75, 3.05) is 26.2 Å². The molecule has 0 spiro atoms. The average molecular weight is 542 g/mol. The number of H-pyrrole nitrogens is 1. The van der Waals surface area contributed by atoms with Crippen molar-refractivity contribution in [3.8, 4) is 17.3 Å². The van der Waals surface area contributed by atoms with Gasteiger partial charge in [0.2, 0.25) is 0 Å². The van der Waals surface area contributed by atoms with Crippen LogP contribution < -0.4 is 0 Å². The van der Waals surface area contributed by atoms with Gasteiger partial charge in [-0.25, -0.2) is 15.0 Å². The SMILES string of the molecule is N#CCC1(n2cc(-c3ncnc4[nH]ccc34)cn2)CN(C2CCN(C(=O)c3nc(C(F)(F)F)cs3)CC2)C1. The number of hydrogen-bond acceptors (Lipinski definition) is 8. The Morgan fingerprint density at radius 2 is 2.05 bits per heavy atom. The third-order valence-corrected chi connectivity index (χ3v) is 8.17. The van der Waals surface area contributed by atoms with Gasteiger partial charge in [-0.1, -0.05) is 0 Å². The molecule has 6 rings (SSSR count). The fraction of sp³-hybridized carbons (Fsp3) is 0.417. The first-order valence-electron chi connectivity index (χ1n) is 12.0. The molecule has 2 aliphatic heterocycles. The van der Waals surface area contributed by atoms with Crippen LogP contribution in [-0.4, -0.2) is 77.6 Å². The van der Waals surface area contributed by atoms with Gasteiger partial charge >= 0.3 is 6.18 Å². The molecule has 0 aromatic carbocycles. The fourth-order valence-corrected chi connectivity index (χ4v) is 6.12. The van der Waals surface area contributed by atoms with Crippen molar-refractivity contribution in [3.05, 3.63) is 47.1 Å². The number of nitrogens with one attached hydrogen (secondary N) is 1. The Kier molecular flexibility index (Phi) is 5.92. The van der Waals surface area contributed by atoms with Crippen LogP contribution in [0.2, 0.25) is 0 Å². The van der Waals surface area contributed by atoms with E-state index in [1.165, 1.54) is 6.33 Å². The van der Waals surface area contributed by atoms with Crippen molar-refractivity contribution >= 4 is 28.3 Å². The third kappa shape index (κ3) is 4.21. The first-order chi connectivity index (χ1) is 18.3. The van der Waals surface area contributed by atoms with Crippen LogP contribution in [0.25, 0.3) is 22.3 Å². The maximum Gasteiger partial charge on any atom is 0.434 e. The lowest BCUT2D eigenvalue weighted by Gasteiger charge is -2.53. The Balaban J connectivity index is 1.10. The minimum absolute atomic E-state index is 0.136. The standard InChI is InChI=1S/C24H22F3N9OS/c25-24(26,27)18-11-38-21(33-18)22(37)34-7-2-16(3-8-34)35-12-23(13-35,4-5-28)36-10-15(9-32-36)19-17-1-6-29-20(17)31-14-30-19/h1,6,9-11,14,16H,2-4,7-8,12-13H2,(H,29,30,31). The number of hydrogen-bond donors (Lipinski definition) is 1. The molecule has 1 N–H and O–H groups in total. The number of carbonyl (C=O) groups is 1. The van der Waals surface area contributed by atoms with Gasteiger partial charge in [0, 0.05) is 60.9 Å². The number of aromatic amines is 1. The van der Waals surface area contributed by atoms with Gasteiger partial charge in [-0.2, -0.15) is 23.5 Å². The predicted molar refractivity (Wildman–Crippen MR) is 131 cm³/mol. The van der Waals surface area contributed by atoms with Crippen LogP contribution in [0.15, 0.2) is 36.4 Å². The summed E-state index contributed by atoms with van der Waals surface area (Å²) in [7, 11) is 0. The summed E-state index contributed by atoms with van der Waals surface area (Å²) in [5, 5.41) is 15.8. The number of carbonyl (C=O) groups excluding carboxylic acids is 1. The van der Waals surface area contributed by atoms with Gasteiger partial charge < -0.3 is 9.88 Å². The molecule has 2 fully saturated rings. The second-order valence-electron chi connectivity index (χ2n) is 9.66. The topological polar surface area (TPSA) is 120 Å². The van der Waals surface area contributed by atoms with Crippen LogP contribution in [0.5, 0.6) is 0 Å². The number of alkyl halides is 3. The predicted octanol–water partition coefficient (Wildman–Crippen LogP) is 3.53. The number of amides is 1. The summed E-state index contributed by atoms with van der Waals surface area (Å²) in [5.41, 5.74) is 0.860. The Morgan fingerprint density at radius 3 is 2.76 bits per heavy atom. The van der Waals surface area contributed by atoms with E-state index in [2.05, 4.69) is 36.0 Å². The first kappa shape index (κ1) is 24.5. The van der Waals surface area contributed by atoms with Crippen molar-refractivity contribution in [1.29, 1.82) is 5.26 Å². The van der Waals surface area contributed by atoms with E-state index in [0.29, 0.717) is 45.4 Å². The highest BCUT2D eigenvalue weighted by atomic mass is 32.1. The van der Waals surface area contributed by atoms with Gasteiger partial charge in [-0.3, -0.25) is 14.4 Å². The van der Waals surface area contributed by atoms with Crippen LogP contribution in [0.3, 0.4) is 0 Å². The summed E-state index contributed by atoms with van der Waals surface area (Å²) < 4.78 is 40.4. The maximum absolute atomic E-state index is 12.8. The minimum Gasteiger partial charge on any atom is -0.346 e. The van der Waals surface area contributed by atoms with Crippen molar-refractivity contribution in [2.45, 2.75) is 37.0 Å². The number of piperidine rings is 1. The molecule has 2 saturated heterocycles. The Morgan fingerprint density at radius 1 is 1.26 bits per heavy atom. The number of nitriles is 1. The lowest BCUT2D eigenvalue weighted by atomic mass is 9.84. The van der Waals surface area contributed by atoms with E-state index in [-0.39, 0.29) is 11.0 Å². The third-order valence-electron chi connectivity index (χ3n) is 7.34. The second-order valence-corrected chi connectivity index (χ2v) is 10.5. The van der Waals surface area contributed by atoms with E-state index >= 15 is 0 Å². The highest BCUT2D eigenvalue weighted by Crippen LogP contribution is 2.37. The summed E-state index contributed by atoms with van der Waals surface area (Å²) in [6.45, 7) is 2.17. The van der Waals surface area contributed by atoms with Crippen molar-refractivity contribution in [3.63, 3.8) is 0 Å². The molecule has 2 aliphatic rings. The molecule has 0 saturated carbocycles. The van der Waals surface area contributed by atoms with Crippen LogP contribution in [0.4, 0.5) is 13.2 Å². The normalized spacial score (nSPS) is 18.4. The smallest absolute Gasteiger partial charge is 0.346 e. The molecule has 4 aromatic heterocycles. The number of aromatic nitrogens is 6. The molecule has 0 atom stereocenters. The molecule has 1 amide bonds. The number of likely N-dealkylation sites (tertiary alicyclic amines) is 2. The van der Waals surface area contributed by atoms with E-state index in [9.17, 15) is 23.2 Å². The molecule has 0 radical (unpaired) electrons. The fourth-order valence-electron chi connectivity index (χ4n) is 5.33. The first-order valence-corrected chi connectivity index (χ1v) is 12.9. The van der Waals surface area contributed by atoms with Crippen molar-refractivity contribution < 1.29 is 18.0 Å². The monoisotopic (exact) mass is 541 g/mol. The van der Waals surface area contributed by atoms with Crippen LogP contribution in [-0.2, 0) is 11.7 Å². The largest absolute Gasteiger partial charge is 0.434 e. The highest BCUT2D eigenvalue weighted by molar-refractivity contribution is 7.11. The van der Waals surface area contributed by atoms with Crippen LogP contribution in [0.1, 0.15) is 34.8 Å². The number of halogens is 3. The van der Waals surface area contributed by atoms with E-state index in [4.69, 9.17) is 0 Å². The van der Waals surface area contributed by atoms with Crippen molar-refractivity contribution in [2.24, 2.45) is 0 Å². The molecule has 196 valence electrons. The Labute approximate surface area is 218 Å². The van der Waals surface area contributed by atoms with Gasteiger partial charge in [-0.15, -0.1) is 11.3 Å². The molecule has 10 nitrogen and oxygen atoms in total. The lowest BCUT2D eigenvalue weighted by molar-refractivity contribution is -0.140. The molecule has 0 bridgehead atoms. The molecule has 38 heavy (non-hydrogen) atoms. The van der Waals surface area contributed by atoms with E-state index in [1.807, 2.05) is 23.1 Å². The zero-order valence-corrected chi connectivity index (χ0v) is 20.8. The Hall–Kier alpha value is -3.83. The number of nitrogens with zero attached hydrogens (tertiary/aromatic N) is 8. The summed E-state index contributed by atoms with van der Waals surface area (Å²) in [4.78, 5) is 31.8. The number of thiazole rings is 1. The molecule has 0 aliphatic carbocycles. The molecular weight excluding hydrogens is 519 g/mol. The van der Waals surface area contributed by atoms with E-state index in [1.54, 1.807) is 11.1 Å². The summed E-state index contributed by atoms with van der Waals surface area (Å²) in [6.07, 6.45) is 4.12. The lowest BCUT2D eigenvalue weighted by Crippen LogP contribution is -2.66. The molecule has 6 heterocycles. The van der Waals surface area contributed by atoms with Crippen molar-refractivity contribution in [1.82, 2.24) is 39.5 Å². The van der Waals surface area contributed by atoms with Gasteiger partial charge in [0.05, 0.1) is 24.4 Å². The van der Waals surface area contributed by atoms with Crippen LogP contribution >= 0.6 is 11.3 Å². The van der Waals surface area contributed by atoms with E-state index in [0.717, 1.165) is 39.0 Å². The quantitative estimate of drug-likeness (QED) is 0.411. The zero-order valence-electron chi connectivity index (χ0n) is 20.0. The summed E-state index contributed by atoms with van der Waals surface area (Å²) in [6, 6.07) is 4.43. The van der Waals surface area contributed by atoms with Crippen LogP contribution in [0, 0.1) is 11.3 Å². The second kappa shape index (κ2) is 9.17. The van der Waals surface area contributed by atoms with E-state index < -0.39 is 23.3 Å². The highest BCUT2D eigenvalue weighted by Gasteiger charge is 2.48. The van der Waals surface area contributed by atoms with Gasteiger partial charge in [0.1, 0.15) is 17.5 Å². The molecule has 0 unspecified atom stereocenters. The maximum atomic E-state index is 12.8. The van der Waals surface area contributed by atoms with Gasteiger partial charge in [0.25, 0.3) is 5.91 Å². The number of rotatable bonds is 5. The zero-order chi connectivity index (χ0) is 26.5. The molecule has 14 heteroatoms. The Bertz CT molecular complexity index is 1520.